The molecule has 0 aliphatic rings. The SMILES string of the molecule is COc1ccc(C[C@@H](C)N)c(OC)c1OC. The number of nitrogens with two attached hydrogens (primary N) is 1. The van der Waals surface area contributed by atoms with E-state index in [-0.39, 0.29) is 6.04 Å². The summed E-state index contributed by atoms with van der Waals surface area (Å²) in [6.07, 6.45) is 0.740. The van der Waals surface area contributed by atoms with Crippen LogP contribution in [0.15, 0.2) is 12.1 Å². The first-order valence-electron chi connectivity index (χ1n) is 5.17. The second-order valence-electron chi connectivity index (χ2n) is 3.67. The van der Waals surface area contributed by atoms with Crippen LogP contribution in [0.4, 0.5) is 0 Å². The Balaban J connectivity index is 3.20. The first kappa shape index (κ1) is 12.6. The molecule has 4 nitrogen and oxygen atoms in total. The molecule has 0 radical (unpaired) electrons. The van der Waals surface area contributed by atoms with Gasteiger partial charge in [-0.15, -0.1) is 0 Å². The molecule has 1 atom stereocenters. The van der Waals surface area contributed by atoms with Crippen LogP contribution in [-0.4, -0.2) is 27.4 Å². The highest BCUT2D eigenvalue weighted by Gasteiger charge is 2.16. The Hall–Kier alpha value is -1.42. The van der Waals surface area contributed by atoms with E-state index in [9.17, 15) is 0 Å². The van der Waals surface area contributed by atoms with E-state index in [4.69, 9.17) is 19.9 Å². The zero-order valence-corrected chi connectivity index (χ0v) is 10.2. The Labute approximate surface area is 96.3 Å². The number of rotatable bonds is 5. The molecule has 1 aromatic carbocycles. The second kappa shape index (κ2) is 5.61. The van der Waals surface area contributed by atoms with Gasteiger partial charge < -0.3 is 19.9 Å². The van der Waals surface area contributed by atoms with E-state index in [1.807, 2.05) is 19.1 Å². The molecule has 1 rings (SSSR count). The summed E-state index contributed by atoms with van der Waals surface area (Å²) < 4.78 is 15.8. The lowest BCUT2D eigenvalue weighted by atomic mass is 10.1. The van der Waals surface area contributed by atoms with Crippen molar-refractivity contribution >= 4 is 0 Å². The van der Waals surface area contributed by atoms with Gasteiger partial charge in [0.1, 0.15) is 0 Å². The Kier molecular flexibility index (Phi) is 4.43. The summed E-state index contributed by atoms with van der Waals surface area (Å²) >= 11 is 0. The number of hydrogen-bond donors (Lipinski definition) is 1. The van der Waals surface area contributed by atoms with Crippen LogP contribution in [0, 0.1) is 0 Å². The highest BCUT2D eigenvalue weighted by Crippen LogP contribution is 2.39. The van der Waals surface area contributed by atoms with E-state index in [1.54, 1.807) is 21.3 Å². The Morgan fingerprint density at radius 3 is 2.12 bits per heavy atom. The van der Waals surface area contributed by atoms with Crippen molar-refractivity contribution in [3.8, 4) is 17.2 Å². The number of benzene rings is 1. The van der Waals surface area contributed by atoms with E-state index in [0.29, 0.717) is 17.2 Å². The molecule has 0 aliphatic heterocycles. The molecule has 0 spiro atoms. The van der Waals surface area contributed by atoms with Gasteiger partial charge in [0.05, 0.1) is 21.3 Å². The molecule has 16 heavy (non-hydrogen) atoms. The van der Waals surface area contributed by atoms with Crippen molar-refractivity contribution in [3.05, 3.63) is 17.7 Å². The molecule has 90 valence electrons. The van der Waals surface area contributed by atoms with E-state index >= 15 is 0 Å². The highest BCUT2D eigenvalue weighted by molar-refractivity contribution is 5.55. The second-order valence-corrected chi connectivity index (χ2v) is 3.67. The third-order valence-corrected chi connectivity index (χ3v) is 2.33. The van der Waals surface area contributed by atoms with Crippen LogP contribution in [0.3, 0.4) is 0 Å². The largest absolute Gasteiger partial charge is 0.493 e. The van der Waals surface area contributed by atoms with Crippen LogP contribution in [0.2, 0.25) is 0 Å². The normalized spacial score (nSPS) is 12.1. The van der Waals surface area contributed by atoms with Crippen molar-refractivity contribution < 1.29 is 14.2 Å². The Morgan fingerprint density at radius 1 is 1.06 bits per heavy atom. The van der Waals surface area contributed by atoms with Gasteiger partial charge in [-0.05, 0) is 25.0 Å². The van der Waals surface area contributed by atoms with Crippen molar-refractivity contribution in [2.45, 2.75) is 19.4 Å². The molecule has 0 saturated heterocycles. The fourth-order valence-electron chi connectivity index (χ4n) is 1.67. The molecule has 0 saturated carbocycles. The summed E-state index contributed by atoms with van der Waals surface area (Å²) in [6, 6.07) is 3.88. The van der Waals surface area contributed by atoms with E-state index in [2.05, 4.69) is 0 Å². The molecule has 1 aromatic rings. The van der Waals surface area contributed by atoms with Gasteiger partial charge in [-0.2, -0.15) is 0 Å². The summed E-state index contributed by atoms with van der Waals surface area (Å²) in [7, 11) is 4.81. The van der Waals surface area contributed by atoms with Crippen molar-refractivity contribution in [2.24, 2.45) is 5.73 Å². The van der Waals surface area contributed by atoms with Gasteiger partial charge in [-0.25, -0.2) is 0 Å². The van der Waals surface area contributed by atoms with Crippen LogP contribution in [0.5, 0.6) is 17.2 Å². The lowest BCUT2D eigenvalue weighted by molar-refractivity contribution is 0.322. The summed E-state index contributed by atoms with van der Waals surface area (Å²) in [4.78, 5) is 0. The average Bonchev–Trinajstić information content (AvgIpc) is 2.27. The van der Waals surface area contributed by atoms with Gasteiger partial charge in [-0.1, -0.05) is 6.07 Å². The van der Waals surface area contributed by atoms with Gasteiger partial charge in [0, 0.05) is 6.04 Å². The molecule has 0 heterocycles. The van der Waals surface area contributed by atoms with Crippen LogP contribution in [0.1, 0.15) is 12.5 Å². The fourth-order valence-corrected chi connectivity index (χ4v) is 1.67. The monoisotopic (exact) mass is 225 g/mol. The number of methoxy groups -OCH3 is 3. The van der Waals surface area contributed by atoms with Crippen LogP contribution < -0.4 is 19.9 Å². The first-order chi connectivity index (χ1) is 7.63. The van der Waals surface area contributed by atoms with Gasteiger partial charge in [0.15, 0.2) is 11.5 Å². The standard InChI is InChI=1S/C12H19NO3/c1-8(13)7-9-5-6-10(14-2)12(16-4)11(9)15-3/h5-6,8H,7,13H2,1-4H3/t8-/m1/s1. The maximum Gasteiger partial charge on any atom is 0.203 e. The molecule has 0 bridgehead atoms. The Morgan fingerprint density at radius 2 is 1.69 bits per heavy atom. The molecule has 0 fully saturated rings. The van der Waals surface area contributed by atoms with Gasteiger partial charge in [-0.3, -0.25) is 0 Å². The van der Waals surface area contributed by atoms with Crippen molar-refractivity contribution in [1.29, 1.82) is 0 Å². The van der Waals surface area contributed by atoms with Crippen molar-refractivity contribution in [2.75, 3.05) is 21.3 Å². The predicted octanol–water partition coefficient (Wildman–Crippen LogP) is 1.60. The third kappa shape index (κ3) is 2.58. The lowest BCUT2D eigenvalue weighted by Gasteiger charge is -2.16. The minimum Gasteiger partial charge on any atom is -0.493 e. The lowest BCUT2D eigenvalue weighted by Crippen LogP contribution is -2.18. The molecule has 0 unspecified atom stereocenters. The Bertz CT molecular complexity index is 350. The smallest absolute Gasteiger partial charge is 0.203 e. The highest BCUT2D eigenvalue weighted by atomic mass is 16.5. The fraction of sp³-hybridized carbons (Fsp3) is 0.500. The van der Waals surface area contributed by atoms with Gasteiger partial charge in [0.2, 0.25) is 5.75 Å². The predicted molar refractivity (Wildman–Crippen MR) is 63.5 cm³/mol. The topological polar surface area (TPSA) is 53.7 Å². The first-order valence-corrected chi connectivity index (χ1v) is 5.17. The van der Waals surface area contributed by atoms with E-state index in [0.717, 1.165) is 12.0 Å². The number of hydrogen-bond acceptors (Lipinski definition) is 4. The minimum absolute atomic E-state index is 0.0759. The molecule has 4 heteroatoms. The van der Waals surface area contributed by atoms with E-state index in [1.165, 1.54) is 0 Å². The van der Waals surface area contributed by atoms with E-state index < -0.39 is 0 Å². The van der Waals surface area contributed by atoms with Crippen molar-refractivity contribution in [1.82, 2.24) is 0 Å². The summed E-state index contributed by atoms with van der Waals surface area (Å²) in [6.45, 7) is 1.95. The maximum absolute atomic E-state index is 5.78. The van der Waals surface area contributed by atoms with Crippen molar-refractivity contribution in [3.63, 3.8) is 0 Å². The minimum atomic E-state index is 0.0759. The maximum atomic E-state index is 5.78. The molecule has 0 aromatic heterocycles. The quantitative estimate of drug-likeness (QED) is 0.827. The molecule has 0 amide bonds. The molecular weight excluding hydrogens is 206 g/mol. The van der Waals surface area contributed by atoms with Gasteiger partial charge >= 0.3 is 0 Å². The molecular formula is C12H19NO3. The molecule has 2 N–H and O–H groups in total. The third-order valence-electron chi connectivity index (χ3n) is 2.33. The van der Waals surface area contributed by atoms with Crippen LogP contribution in [0.25, 0.3) is 0 Å². The zero-order chi connectivity index (χ0) is 12.1. The van der Waals surface area contributed by atoms with Crippen LogP contribution >= 0.6 is 0 Å². The zero-order valence-electron chi connectivity index (χ0n) is 10.2. The molecule has 0 aliphatic carbocycles. The number of ether oxygens (including phenoxy) is 3. The average molecular weight is 225 g/mol. The van der Waals surface area contributed by atoms with Crippen LogP contribution in [-0.2, 0) is 6.42 Å². The summed E-state index contributed by atoms with van der Waals surface area (Å²) in [5.74, 6) is 1.97. The summed E-state index contributed by atoms with van der Waals surface area (Å²) in [5.41, 5.74) is 6.81. The van der Waals surface area contributed by atoms with Gasteiger partial charge in [0.25, 0.3) is 0 Å². The summed E-state index contributed by atoms with van der Waals surface area (Å²) in [5, 5.41) is 0.